The molecule has 4 amide bonds. The Bertz CT molecular complexity index is 499. The molecule has 6 heteroatoms. The molecule has 0 unspecified atom stereocenters. The summed E-state index contributed by atoms with van der Waals surface area (Å²) >= 11 is 0. The van der Waals surface area contributed by atoms with E-state index in [1.165, 1.54) is 32.1 Å². The molecule has 0 aromatic carbocycles. The topological polar surface area (TPSA) is 78.5 Å². The van der Waals surface area contributed by atoms with Gasteiger partial charge in [-0.15, -0.1) is 0 Å². The van der Waals surface area contributed by atoms with Crippen molar-refractivity contribution in [3.05, 3.63) is 0 Å². The quantitative estimate of drug-likeness (QED) is 0.460. The lowest BCUT2D eigenvalue weighted by atomic mass is 9.77. The Morgan fingerprint density at radius 1 is 1.12 bits per heavy atom. The summed E-state index contributed by atoms with van der Waals surface area (Å²) in [5.74, 6) is 0.117. The highest BCUT2D eigenvalue weighted by Crippen LogP contribution is 2.36. The van der Waals surface area contributed by atoms with Crippen molar-refractivity contribution in [2.45, 2.75) is 90.0 Å². The fourth-order valence-corrected chi connectivity index (χ4v) is 3.92. The summed E-state index contributed by atoms with van der Waals surface area (Å²) in [6.07, 6.45) is 11.6. The first-order valence-corrected chi connectivity index (χ1v) is 10.4. The standard InChI is InChI=1S/C20H35N3O3/c1-3-4-5-6-7-8-9-14-21-17(24)15-23-18(25)20(22-19(23)26)12-10-16(2)11-13-20/h16H,3-15H2,1-2H3,(H,21,24)(H,22,26). The van der Waals surface area contributed by atoms with Crippen molar-refractivity contribution in [3.8, 4) is 0 Å². The third-order valence-electron chi connectivity index (χ3n) is 5.78. The van der Waals surface area contributed by atoms with Crippen LogP contribution in [0.4, 0.5) is 4.79 Å². The van der Waals surface area contributed by atoms with Crippen LogP contribution in [0.1, 0.15) is 84.5 Å². The van der Waals surface area contributed by atoms with E-state index in [-0.39, 0.29) is 18.4 Å². The minimum atomic E-state index is -0.762. The van der Waals surface area contributed by atoms with Gasteiger partial charge >= 0.3 is 6.03 Å². The van der Waals surface area contributed by atoms with Crippen molar-refractivity contribution < 1.29 is 14.4 Å². The fraction of sp³-hybridized carbons (Fsp3) is 0.850. The number of nitrogens with zero attached hydrogens (tertiary/aromatic N) is 1. The van der Waals surface area contributed by atoms with Crippen molar-refractivity contribution in [1.29, 1.82) is 0 Å². The molecule has 0 atom stereocenters. The van der Waals surface area contributed by atoms with E-state index in [0.717, 1.165) is 30.6 Å². The number of amides is 4. The first kappa shape index (κ1) is 20.7. The maximum atomic E-state index is 12.7. The maximum Gasteiger partial charge on any atom is 0.325 e. The maximum absolute atomic E-state index is 12.7. The van der Waals surface area contributed by atoms with Gasteiger partial charge < -0.3 is 10.6 Å². The second kappa shape index (κ2) is 9.93. The predicted octanol–water partition coefficient (Wildman–Crippen LogP) is 3.35. The molecule has 26 heavy (non-hydrogen) atoms. The van der Waals surface area contributed by atoms with E-state index in [4.69, 9.17) is 0 Å². The first-order valence-electron chi connectivity index (χ1n) is 10.4. The van der Waals surface area contributed by atoms with Crippen LogP contribution in [0.2, 0.25) is 0 Å². The summed E-state index contributed by atoms with van der Waals surface area (Å²) in [5, 5.41) is 5.69. The number of carbonyl (C=O) groups is 3. The Balaban J connectivity index is 1.67. The zero-order valence-electron chi connectivity index (χ0n) is 16.4. The summed E-state index contributed by atoms with van der Waals surface area (Å²) in [6, 6.07) is -0.421. The highest BCUT2D eigenvalue weighted by Gasteiger charge is 2.52. The predicted molar refractivity (Wildman–Crippen MR) is 102 cm³/mol. The molecule has 1 aliphatic heterocycles. The van der Waals surface area contributed by atoms with Crippen molar-refractivity contribution in [2.75, 3.05) is 13.1 Å². The van der Waals surface area contributed by atoms with E-state index in [1.807, 2.05) is 0 Å². The summed E-state index contributed by atoms with van der Waals surface area (Å²) in [4.78, 5) is 38.1. The molecule has 1 saturated heterocycles. The molecule has 1 saturated carbocycles. The van der Waals surface area contributed by atoms with E-state index < -0.39 is 11.6 Å². The molecule has 0 aromatic rings. The minimum Gasteiger partial charge on any atom is -0.355 e. The molecule has 2 N–H and O–H groups in total. The molecular weight excluding hydrogens is 330 g/mol. The summed E-state index contributed by atoms with van der Waals surface area (Å²) in [7, 11) is 0. The van der Waals surface area contributed by atoms with Crippen LogP contribution in [-0.4, -0.2) is 41.4 Å². The van der Waals surface area contributed by atoms with Crippen molar-refractivity contribution in [3.63, 3.8) is 0 Å². The number of carbonyl (C=O) groups excluding carboxylic acids is 3. The van der Waals surface area contributed by atoms with Crippen LogP contribution >= 0.6 is 0 Å². The van der Waals surface area contributed by atoms with Gasteiger partial charge in [-0.25, -0.2) is 4.79 Å². The molecule has 1 heterocycles. The highest BCUT2D eigenvalue weighted by atomic mass is 16.2. The largest absolute Gasteiger partial charge is 0.355 e. The number of nitrogens with one attached hydrogen (secondary N) is 2. The molecule has 148 valence electrons. The lowest BCUT2D eigenvalue weighted by molar-refractivity contribution is -0.136. The number of rotatable bonds is 10. The average Bonchev–Trinajstić information content (AvgIpc) is 2.84. The number of hydrogen-bond donors (Lipinski definition) is 2. The summed E-state index contributed by atoms with van der Waals surface area (Å²) in [6.45, 7) is 4.82. The Morgan fingerprint density at radius 3 is 2.38 bits per heavy atom. The van der Waals surface area contributed by atoms with Crippen LogP contribution in [-0.2, 0) is 9.59 Å². The van der Waals surface area contributed by atoms with Gasteiger partial charge in [0, 0.05) is 6.54 Å². The van der Waals surface area contributed by atoms with Gasteiger partial charge in [0.2, 0.25) is 5.91 Å². The lowest BCUT2D eigenvalue weighted by Crippen LogP contribution is -2.49. The molecule has 2 rings (SSSR count). The molecular formula is C20H35N3O3. The normalized spacial score (nSPS) is 25.6. The van der Waals surface area contributed by atoms with E-state index in [0.29, 0.717) is 25.3 Å². The van der Waals surface area contributed by atoms with Crippen LogP contribution in [0.25, 0.3) is 0 Å². The number of hydrogen-bond acceptors (Lipinski definition) is 3. The molecule has 2 fully saturated rings. The summed E-state index contributed by atoms with van der Waals surface area (Å²) < 4.78 is 0. The van der Waals surface area contributed by atoms with Crippen LogP contribution < -0.4 is 10.6 Å². The van der Waals surface area contributed by atoms with Crippen LogP contribution in [0.3, 0.4) is 0 Å². The average molecular weight is 366 g/mol. The van der Waals surface area contributed by atoms with E-state index in [9.17, 15) is 14.4 Å². The fourth-order valence-electron chi connectivity index (χ4n) is 3.92. The Morgan fingerprint density at radius 2 is 1.73 bits per heavy atom. The molecule has 1 spiro atoms. The molecule has 0 aromatic heterocycles. The summed E-state index contributed by atoms with van der Waals surface area (Å²) in [5.41, 5.74) is -0.762. The zero-order valence-corrected chi connectivity index (χ0v) is 16.4. The van der Waals surface area contributed by atoms with Crippen LogP contribution in [0.15, 0.2) is 0 Å². The number of unbranched alkanes of at least 4 members (excludes halogenated alkanes) is 6. The molecule has 1 aliphatic carbocycles. The van der Waals surface area contributed by atoms with Gasteiger partial charge in [0.15, 0.2) is 0 Å². The lowest BCUT2D eigenvalue weighted by Gasteiger charge is -2.33. The van der Waals surface area contributed by atoms with Gasteiger partial charge in [0.1, 0.15) is 12.1 Å². The molecule has 6 nitrogen and oxygen atoms in total. The first-order chi connectivity index (χ1) is 12.5. The monoisotopic (exact) mass is 365 g/mol. The van der Waals surface area contributed by atoms with Gasteiger partial charge in [-0.1, -0.05) is 52.4 Å². The molecule has 0 bridgehead atoms. The second-order valence-corrected chi connectivity index (χ2v) is 8.06. The van der Waals surface area contributed by atoms with Gasteiger partial charge in [-0.3, -0.25) is 14.5 Å². The zero-order chi connectivity index (χ0) is 19.0. The minimum absolute atomic E-state index is 0.168. The van der Waals surface area contributed by atoms with Crippen molar-refractivity contribution in [1.82, 2.24) is 15.5 Å². The third-order valence-corrected chi connectivity index (χ3v) is 5.78. The Hall–Kier alpha value is -1.59. The molecule has 0 radical (unpaired) electrons. The highest BCUT2D eigenvalue weighted by molar-refractivity contribution is 6.09. The molecule has 2 aliphatic rings. The second-order valence-electron chi connectivity index (χ2n) is 8.06. The van der Waals surface area contributed by atoms with Gasteiger partial charge in [-0.2, -0.15) is 0 Å². The third kappa shape index (κ3) is 5.45. The van der Waals surface area contributed by atoms with Crippen LogP contribution in [0, 0.1) is 5.92 Å². The van der Waals surface area contributed by atoms with Crippen molar-refractivity contribution in [2.24, 2.45) is 5.92 Å². The Labute approximate surface area is 157 Å². The van der Waals surface area contributed by atoms with E-state index in [2.05, 4.69) is 24.5 Å². The number of imide groups is 1. The van der Waals surface area contributed by atoms with Crippen LogP contribution in [0.5, 0.6) is 0 Å². The smallest absolute Gasteiger partial charge is 0.325 e. The van der Waals surface area contributed by atoms with Gasteiger partial charge in [0.05, 0.1) is 0 Å². The SMILES string of the molecule is CCCCCCCCCNC(=O)CN1C(=O)NC2(CCC(C)CC2)C1=O. The Kier molecular flexibility index (Phi) is 7.91. The van der Waals surface area contributed by atoms with Gasteiger partial charge in [-0.05, 0) is 38.0 Å². The number of urea groups is 1. The van der Waals surface area contributed by atoms with Gasteiger partial charge in [0.25, 0.3) is 5.91 Å². The van der Waals surface area contributed by atoms with Crippen molar-refractivity contribution >= 4 is 17.8 Å². The van der Waals surface area contributed by atoms with E-state index in [1.54, 1.807) is 0 Å². The van der Waals surface area contributed by atoms with E-state index >= 15 is 0 Å².